The van der Waals surface area contributed by atoms with Crippen molar-refractivity contribution in [3.05, 3.63) is 39.9 Å². The fourth-order valence-corrected chi connectivity index (χ4v) is 1.43. The molecule has 0 radical (unpaired) electrons. The number of carbonyl (C=O) groups excluding carboxylic acids is 1. The molecule has 1 unspecified atom stereocenters. The number of hydrogen-bond acceptors (Lipinski definition) is 5. The molecule has 19 heavy (non-hydrogen) atoms. The van der Waals surface area contributed by atoms with Gasteiger partial charge in [0.05, 0.1) is 11.0 Å². The Kier molecular flexibility index (Phi) is 5.91. The summed E-state index contributed by atoms with van der Waals surface area (Å²) in [5, 5.41) is 13.1. The Morgan fingerprint density at radius 2 is 2.11 bits per heavy atom. The van der Waals surface area contributed by atoms with Crippen LogP contribution in [0, 0.1) is 10.1 Å². The number of methoxy groups -OCH3 is 1. The van der Waals surface area contributed by atoms with E-state index in [-0.39, 0.29) is 18.1 Å². The zero-order valence-electron chi connectivity index (χ0n) is 10.7. The molecule has 0 spiro atoms. The van der Waals surface area contributed by atoms with Gasteiger partial charge in [0, 0.05) is 32.4 Å². The van der Waals surface area contributed by atoms with Crippen molar-refractivity contribution in [2.45, 2.75) is 19.0 Å². The zero-order chi connectivity index (χ0) is 14.3. The third kappa shape index (κ3) is 5.02. The number of carbonyl (C=O) groups is 1. The van der Waals surface area contributed by atoms with Gasteiger partial charge in [-0.2, -0.15) is 0 Å². The summed E-state index contributed by atoms with van der Waals surface area (Å²) in [6, 6.07) is 5.37. The number of amides is 1. The number of nitrogens with two attached hydrogens (primary N) is 1. The van der Waals surface area contributed by atoms with Crippen molar-refractivity contribution in [3.8, 4) is 0 Å². The van der Waals surface area contributed by atoms with Crippen molar-refractivity contribution < 1.29 is 14.5 Å². The molecule has 1 rings (SSSR count). The van der Waals surface area contributed by atoms with Crippen molar-refractivity contribution in [1.82, 2.24) is 5.32 Å². The highest BCUT2D eigenvalue weighted by atomic mass is 16.6. The predicted molar refractivity (Wildman–Crippen MR) is 69.4 cm³/mol. The fourth-order valence-electron chi connectivity index (χ4n) is 1.43. The quantitative estimate of drug-likeness (QED) is 0.555. The Balaban J connectivity index is 2.43. The van der Waals surface area contributed by atoms with Crippen molar-refractivity contribution in [2.24, 2.45) is 5.73 Å². The van der Waals surface area contributed by atoms with Crippen LogP contribution in [0.1, 0.15) is 12.0 Å². The summed E-state index contributed by atoms with van der Waals surface area (Å²) in [6.45, 7) is 0.712. The van der Waals surface area contributed by atoms with Gasteiger partial charge in [0.15, 0.2) is 0 Å². The van der Waals surface area contributed by atoms with Gasteiger partial charge < -0.3 is 15.8 Å². The first-order chi connectivity index (χ1) is 9.04. The van der Waals surface area contributed by atoms with Gasteiger partial charge in [-0.25, -0.2) is 0 Å². The van der Waals surface area contributed by atoms with E-state index in [1.165, 1.54) is 12.1 Å². The lowest BCUT2D eigenvalue weighted by atomic mass is 10.2. The number of non-ortho nitro benzene ring substituents is 1. The van der Waals surface area contributed by atoms with Gasteiger partial charge in [-0.1, -0.05) is 12.1 Å². The largest absolute Gasteiger partial charge is 0.385 e. The number of nitrogens with zero attached hydrogens (tertiary/aromatic N) is 1. The molecule has 7 nitrogen and oxygen atoms in total. The van der Waals surface area contributed by atoms with E-state index in [2.05, 4.69) is 5.32 Å². The Morgan fingerprint density at radius 3 is 2.63 bits per heavy atom. The highest BCUT2D eigenvalue weighted by molar-refractivity contribution is 5.81. The van der Waals surface area contributed by atoms with E-state index < -0.39 is 11.0 Å². The minimum absolute atomic E-state index is 0.0203. The topological polar surface area (TPSA) is 107 Å². The number of nitro benzene ring substituents is 1. The summed E-state index contributed by atoms with van der Waals surface area (Å²) in [4.78, 5) is 21.6. The van der Waals surface area contributed by atoms with E-state index in [1.807, 2.05) is 0 Å². The van der Waals surface area contributed by atoms with Crippen LogP contribution >= 0.6 is 0 Å². The lowest BCUT2D eigenvalue weighted by Gasteiger charge is -2.11. The van der Waals surface area contributed by atoms with E-state index >= 15 is 0 Å². The smallest absolute Gasteiger partial charge is 0.269 e. The van der Waals surface area contributed by atoms with Crippen molar-refractivity contribution in [2.75, 3.05) is 13.7 Å². The van der Waals surface area contributed by atoms with Crippen molar-refractivity contribution >= 4 is 11.6 Å². The Bertz CT molecular complexity index is 433. The highest BCUT2D eigenvalue weighted by Gasteiger charge is 2.12. The van der Waals surface area contributed by atoms with E-state index in [0.717, 1.165) is 5.56 Å². The number of nitro groups is 1. The first kappa shape index (κ1) is 15.1. The van der Waals surface area contributed by atoms with Crippen molar-refractivity contribution in [1.29, 1.82) is 0 Å². The van der Waals surface area contributed by atoms with Crippen LogP contribution in [0.5, 0.6) is 0 Å². The van der Waals surface area contributed by atoms with E-state index in [9.17, 15) is 14.9 Å². The molecule has 0 aliphatic carbocycles. The number of ether oxygens (including phenoxy) is 1. The first-order valence-electron chi connectivity index (χ1n) is 5.80. The molecule has 0 heterocycles. The molecular formula is C12H17N3O4. The van der Waals surface area contributed by atoms with Crippen LogP contribution in [0.2, 0.25) is 0 Å². The minimum atomic E-state index is -0.613. The first-order valence-corrected chi connectivity index (χ1v) is 5.80. The number of rotatable bonds is 7. The van der Waals surface area contributed by atoms with Crippen molar-refractivity contribution in [3.63, 3.8) is 0 Å². The molecular weight excluding hydrogens is 250 g/mol. The lowest BCUT2D eigenvalue weighted by molar-refractivity contribution is -0.384. The molecule has 0 saturated heterocycles. The fraction of sp³-hybridized carbons (Fsp3) is 0.417. The summed E-state index contributed by atoms with van der Waals surface area (Å²) >= 11 is 0. The van der Waals surface area contributed by atoms with E-state index in [4.69, 9.17) is 10.5 Å². The summed E-state index contributed by atoms with van der Waals surface area (Å²) in [5.74, 6) is -0.268. The molecule has 1 amide bonds. The third-order valence-corrected chi connectivity index (χ3v) is 2.58. The van der Waals surface area contributed by atoms with Gasteiger partial charge >= 0.3 is 0 Å². The summed E-state index contributed by atoms with van der Waals surface area (Å²) < 4.78 is 4.84. The molecule has 3 N–H and O–H groups in total. The van der Waals surface area contributed by atoms with Crippen LogP contribution in [0.4, 0.5) is 5.69 Å². The van der Waals surface area contributed by atoms with Crippen LogP contribution < -0.4 is 11.1 Å². The van der Waals surface area contributed by atoms with E-state index in [1.54, 1.807) is 19.2 Å². The molecule has 0 aliphatic heterocycles. The maximum absolute atomic E-state index is 11.6. The van der Waals surface area contributed by atoms with Gasteiger partial charge in [0.2, 0.25) is 5.91 Å². The average Bonchev–Trinajstić information content (AvgIpc) is 2.42. The van der Waals surface area contributed by atoms with Crippen LogP contribution in [0.25, 0.3) is 0 Å². The summed E-state index contributed by atoms with van der Waals surface area (Å²) in [6.07, 6.45) is 0.447. The maximum Gasteiger partial charge on any atom is 0.269 e. The minimum Gasteiger partial charge on any atom is -0.385 e. The molecule has 1 aromatic carbocycles. The molecule has 0 aliphatic rings. The summed E-state index contributed by atoms with van der Waals surface area (Å²) in [5.41, 5.74) is 6.45. The molecule has 1 aromatic rings. The Morgan fingerprint density at radius 1 is 1.47 bits per heavy atom. The monoisotopic (exact) mass is 267 g/mol. The van der Waals surface area contributed by atoms with Crippen LogP contribution in [0.15, 0.2) is 24.3 Å². The molecule has 1 atom stereocenters. The molecule has 104 valence electrons. The van der Waals surface area contributed by atoms with Gasteiger partial charge in [-0.05, 0) is 12.0 Å². The second-order valence-corrected chi connectivity index (χ2v) is 4.03. The molecule has 0 saturated carbocycles. The highest BCUT2D eigenvalue weighted by Crippen LogP contribution is 2.11. The van der Waals surface area contributed by atoms with Crippen LogP contribution in [-0.2, 0) is 16.1 Å². The Hall–Kier alpha value is -1.99. The zero-order valence-corrected chi connectivity index (χ0v) is 10.7. The third-order valence-electron chi connectivity index (χ3n) is 2.58. The van der Waals surface area contributed by atoms with Gasteiger partial charge in [-0.15, -0.1) is 0 Å². The second-order valence-electron chi connectivity index (χ2n) is 4.03. The van der Waals surface area contributed by atoms with Gasteiger partial charge in [-0.3, -0.25) is 14.9 Å². The number of hydrogen-bond donors (Lipinski definition) is 2. The second kappa shape index (κ2) is 7.45. The van der Waals surface area contributed by atoms with Crippen LogP contribution in [0.3, 0.4) is 0 Å². The van der Waals surface area contributed by atoms with Crippen LogP contribution in [-0.4, -0.2) is 30.6 Å². The SMILES string of the molecule is COCCC(N)C(=O)NCc1ccc([N+](=O)[O-])cc1. The maximum atomic E-state index is 11.6. The number of nitrogens with one attached hydrogen (secondary N) is 1. The Labute approximate surface area is 110 Å². The predicted octanol–water partition coefficient (Wildman–Crippen LogP) is 0.575. The average molecular weight is 267 g/mol. The standard InChI is InChI=1S/C12H17N3O4/c1-19-7-6-11(13)12(16)14-8-9-2-4-10(5-3-9)15(17)18/h2-5,11H,6-8,13H2,1H3,(H,14,16). The van der Waals surface area contributed by atoms with E-state index in [0.29, 0.717) is 13.0 Å². The molecule has 0 bridgehead atoms. The lowest BCUT2D eigenvalue weighted by Crippen LogP contribution is -2.40. The summed E-state index contributed by atoms with van der Waals surface area (Å²) in [7, 11) is 1.54. The molecule has 0 aromatic heterocycles. The normalized spacial score (nSPS) is 11.9. The molecule has 0 fully saturated rings. The van der Waals surface area contributed by atoms with Gasteiger partial charge in [0.1, 0.15) is 0 Å². The van der Waals surface area contributed by atoms with Gasteiger partial charge in [0.25, 0.3) is 5.69 Å². The molecule has 7 heteroatoms. The number of benzene rings is 1.